The molecule has 1 fully saturated rings. The first-order valence-corrected chi connectivity index (χ1v) is 19.9. The lowest BCUT2D eigenvalue weighted by molar-refractivity contribution is -0.130. The lowest BCUT2D eigenvalue weighted by Crippen LogP contribution is -2.47. The van der Waals surface area contributed by atoms with Gasteiger partial charge in [0.15, 0.2) is 5.82 Å². The number of nitrogens with zero attached hydrogens (tertiary/aromatic N) is 8. The molecule has 2 aliphatic rings. The van der Waals surface area contributed by atoms with E-state index in [4.69, 9.17) is 37.9 Å². The number of methoxy groups -OCH3 is 1. The minimum absolute atomic E-state index is 0.0178. The van der Waals surface area contributed by atoms with Gasteiger partial charge in [-0.1, -0.05) is 35.3 Å². The fourth-order valence-corrected chi connectivity index (χ4v) is 8.53. The maximum Gasteiger partial charge on any atom is 0.407 e. The molecule has 1 aromatic carbocycles. The van der Waals surface area contributed by atoms with E-state index >= 15 is 0 Å². The fraction of sp³-hybridized carbons (Fsp3) is 0.390. The summed E-state index contributed by atoms with van der Waals surface area (Å²) < 4.78 is 7.50. The van der Waals surface area contributed by atoms with E-state index in [9.17, 15) is 19.5 Å². The van der Waals surface area contributed by atoms with Crippen molar-refractivity contribution in [3.63, 3.8) is 0 Å². The van der Waals surface area contributed by atoms with Crippen LogP contribution in [0.15, 0.2) is 42.6 Å². The SMILES string of the molecule is COc1nc(-c2ccnc(-c3cccc(NC(=O)c4nc5c(n4C)CCN(CCc4c(C)n[nH]c4C)C5)c3Cl)c2Cl)ccc1CN(C(=O)O)C1CCN(C(C)=O)CC1. The van der Waals surface area contributed by atoms with Crippen molar-refractivity contribution in [3.05, 3.63) is 92.4 Å². The zero-order valence-electron chi connectivity index (χ0n) is 33.1. The molecular weight excluding hydrogens is 783 g/mol. The molecule has 0 unspecified atom stereocenters. The predicted octanol–water partition coefficient (Wildman–Crippen LogP) is 6.54. The molecule has 5 aromatic rings. The number of aromatic nitrogens is 6. The smallest absolute Gasteiger partial charge is 0.407 e. The molecule has 1 saturated heterocycles. The lowest BCUT2D eigenvalue weighted by atomic mass is 10.0. The molecule has 0 atom stereocenters. The summed E-state index contributed by atoms with van der Waals surface area (Å²) in [6.07, 6.45) is 3.28. The Labute approximate surface area is 346 Å². The first-order chi connectivity index (χ1) is 27.8. The number of hydrogen-bond acceptors (Lipinski definition) is 9. The van der Waals surface area contributed by atoms with Gasteiger partial charge in [-0.25, -0.2) is 14.8 Å². The number of hydrogen-bond donors (Lipinski definition) is 3. The van der Waals surface area contributed by atoms with Crippen molar-refractivity contribution in [1.82, 2.24) is 44.4 Å². The maximum atomic E-state index is 13.7. The summed E-state index contributed by atoms with van der Waals surface area (Å²) >= 11 is 14.0. The van der Waals surface area contributed by atoms with Crippen LogP contribution in [-0.2, 0) is 37.8 Å². The van der Waals surface area contributed by atoms with Crippen LogP contribution in [-0.4, -0.2) is 107 Å². The minimum atomic E-state index is -1.06. The molecule has 6 heterocycles. The van der Waals surface area contributed by atoms with E-state index in [2.05, 4.69) is 25.4 Å². The highest BCUT2D eigenvalue weighted by Crippen LogP contribution is 2.40. The highest BCUT2D eigenvalue weighted by Gasteiger charge is 2.30. The number of carbonyl (C=O) groups is 3. The third kappa shape index (κ3) is 8.24. The molecule has 15 nitrogen and oxygen atoms in total. The fourth-order valence-electron chi connectivity index (χ4n) is 7.95. The highest BCUT2D eigenvalue weighted by atomic mass is 35.5. The largest absolute Gasteiger partial charge is 0.481 e. The van der Waals surface area contributed by atoms with Crippen molar-refractivity contribution in [2.24, 2.45) is 7.05 Å². The molecular formula is C41H46Cl2N10O5. The Morgan fingerprint density at radius 3 is 2.50 bits per heavy atom. The van der Waals surface area contributed by atoms with Gasteiger partial charge >= 0.3 is 6.09 Å². The van der Waals surface area contributed by atoms with Crippen molar-refractivity contribution in [1.29, 1.82) is 0 Å². The molecule has 4 aromatic heterocycles. The van der Waals surface area contributed by atoms with E-state index in [-0.39, 0.29) is 40.3 Å². The molecule has 0 saturated carbocycles. The normalized spacial score (nSPS) is 14.6. The Hall–Kier alpha value is -5.51. The average molecular weight is 830 g/mol. The summed E-state index contributed by atoms with van der Waals surface area (Å²) in [6.45, 7) is 9.01. The van der Waals surface area contributed by atoms with E-state index in [0.29, 0.717) is 72.1 Å². The van der Waals surface area contributed by atoms with Gasteiger partial charge in [0.05, 0.1) is 52.2 Å². The van der Waals surface area contributed by atoms with Gasteiger partial charge in [-0.3, -0.25) is 24.6 Å². The summed E-state index contributed by atoms with van der Waals surface area (Å²) in [4.78, 5) is 57.4. The van der Waals surface area contributed by atoms with Crippen molar-refractivity contribution >= 4 is 46.8 Å². The molecule has 7 rings (SSSR count). The second-order valence-corrected chi connectivity index (χ2v) is 15.5. The number of aryl methyl sites for hydroxylation is 2. The van der Waals surface area contributed by atoms with Gasteiger partial charge in [-0.2, -0.15) is 5.10 Å². The Bertz CT molecular complexity index is 2350. The molecule has 304 valence electrons. The Morgan fingerprint density at radius 2 is 1.81 bits per heavy atom. The van der Waals surface area contributed by atoms with Gasteiger partial charge in [-0.05, 0) is 62.9 Å². The molecule has 3 amide bonds. The van der Waals surface area contributed by atoms with Crippen LogP contribution >= 0.6 is 23.2 Å². The van der Waals surface area contributed by atoms with Gasteiger partial charge in [0.2, 0.25) is 11.8 Å². The molecule has 0 aliphatic carbocycles. The molecule has 0 spiro atoms. The second kappa shape index (κ2) is 17.1. The third-order valence-corrected chi connectivity index (χ3v) is 12.0. The quantitative estimate of drug-likeness (QED) is 0.133. The number of likely N-dealkylation sites (tertiary alicyclic amines) is 1. The van der Waals surface area contributed by atoms with Crippen LogP contribution in [0.4, 0.5) is 10.5 Å². The van der Waals surface area contributed by atoms with Gasteiger partial charge in [0.1, 0.15) is 0 Å². The number of H-pyrrole nitrogens is 1. The van der Waals surface area contributed by atoms with Crippen LogP contribution in [0.2, 0.25) is 10.0 Å². The first kappa shape index (κ1) is 40.7. The lowest BCUT2D eigenvalue weighted by Gasteiger charge is -2.37. The number of carbonyl (C=O) groups excluding carboxylic acids is 2. The number of ether oxygens (including phenoxy) is 1. The number of fused-ring (bicyclic) bond motifs is 1. The van der Waals surface area contributed by atoms with Crippen LogP contribution in [0.25, 0.3) is 22.5 Å². The van der Waals surface area contributed by atoms with Crippen LogP contribution in [0.1, 0.15) is 64.3 Å². The number of nitrogens with one attached hydrogen (secondary N) is 2. The maximum absolute atomic E-state index is 13.7. The van der Waals surface area contributed by atoms with Crippen LogP contribution in [0, 0.1) is 13.8 Å². The van der Waals surface area contributed by atoms with Crippen molar-refractivity contribution < 1.29 is 24.2 Å². The molecule has 0 radical (unpaired) electrons. The van der Waals surface area contributed by atoms with Crippen molar-refractivity contribution in [2.75, 3.05) is 38.6 Å². The molecule has 0 bridgehead atoms. The number of carboxylic acid groups (broad SMARTS) is 1. The molecule has 3 N–H and O–H groups in total. The highest BCUT2D eigenvalue weighted by molar-refractivity contribution is 6.39. The van der Waals surface area contributed by atoms with Gasteiger partial charge in [0, 0.05) is 93.4 Å². The molecule has 58 heavy (non-hydrogen) atoms. The number of benzene rings is 1. The monoisotopic (exact) mass is 828 g/mol. The summed E-state index contributed by atoms with van der Waals surface area (Å²) in [5, 5.41) is 21.0. The zero-order valence-corrected chi connectivity index (χ0v) is 34.6. The van der Waals surface area contributed by atoms with Crippen molar-refractivity contribution in [3.8, 4) is 28.4 Å². The number of piperidine rings is 1. The third-order valence-electron chi connectivity index (χ3n) is 11.2. The average Bonchev–Trinajstić information content (AvgIpc) is 3.72. The summed E-state index contributed by atoms with van der Waals surface area (Å²) in [6, 6.07) is 10.3. The van der Waals surface area contributed by atoms with E-state index in [1.54, 1.807) is 47.5 Å². The molecule has 17 heteroatoms. The number of rotatable bonds is 11. The number of anilines is 1. The minimum Gasteiger partial charge on any atom is -0.481 e. The van der Waals surface area contributed by atoms with Crippen LogP contribution < -0.4 is 10.1 Å². The summed E-state index contributed by atoms with van der Waals surface area (Å²) in [5.41, 5.74) is 8.15. The first-order valence-electron chi connectivity index (χ1n) is 19.2. The number of imidazole rings is 1. The predicted molar refractivity (Wildman–Crippen MR) is 220 cm³/mol. The standard InChI is InChI=1S/C41H46Cl2N10O5/c1-23-28(24(2)49-48-23)14-17-51-18-15-34-33(22-51)45-38(50(34)4)39(55)46-32-8-6-7-30(35(32)42)37-36(43)29(11-16-44-37)31-10-9-26(40(47-31)58-5)21-53(41(56)57)27-12-19-52(20-13-27)25(3)54/h6-11,16,27H,12-15,17-22H2,1-5H3,(H,46,55)(H,48,49)(H,56,57). The summed E-state index contributed by atoms with van der Waals surface area (Å²) in [5.74, 6) is 0.140. The zero-order chi connectivity index (χ0) is 41.2. The number of halogens is 2. The van der Waals surface area contributed by atoms with Crippen molar-refractivity contribution in [2.45, 2.75) is 65.6 Å². The topological polar surface area (TPSA) is 175 Å². The number of aromatic amines is 1. The molecule has 2 aliphatic heterocycles. The number of pyridine rings is 2. The van der Waals surface area contributed by atoms with Crippen LogP contribution in [0.3, 0.4) is 0 Å². The van der Waals surface area contributed by atoms with E-state index in [0.717, 1.165) is 48.7 Å². The Balaban J connectivity index is 1.07. The van der Waals surface area contributed by atoms with Crippen LogP contribution in [0.5, 0.6) is 5.88 Å². The van der Waals surface area contributed by atoms with Gasteiger partial charge in [-0.15, -0.1) is 0 Å². The summed E-state index contributed by atoms with van der Waals surface area (Å²) in [7, 11) is 3.34. The van der Waals surface area contributed by atoms with Gasteiger partial charge < -0.3 is 29.5 Å². The Kier molecular flexibility index (Phi) is 12.0. The van der Waals surface area contributed by atoms with E-state index in [1.807, 2.05) is 25.5 Å². The van der Waals surface area contributed by atoms with E-state index < -0.39 is 6.09 Å². The Morgan fingerprint density at radius 1 is 1.03 bits per heavy atom. The van der Waals surface area contributed by atoms with Gasteiger partial charge in [0.25, 0.3) is 5.91 Å². The second-order valence-electron chi connectivity index (χ2n) is 14.7. The van der Waals surface area contributed by atoms with E-state index in [1.165, 1.54) is 24.5 Å². The number of amides is 3.